The van der Waals surface area contributed by atoms with Crippen molar-refractivity contribution in [3.63, 3.8) is 0 Å². The first kappa shape index (κ1) is 19.6. The number of hydrogen-bond donors (Lipinski definition) is 1. The largest absolute Gasteiger partial charge is 0.337 e. The zero-order valence-corrected chi connectivity index (χ0v) is 16.0. The number of carbonyl (C=O) groups excluding carboxylic acids is 1. The number of nitrogens with one attached hydrogen (secondary N) is 1. The lowest BCUT2D eigenvalue weighted by molar-refractivity contribution is 0.0785. The van der Waals surface area contributed by atoms with E-state index >= 15 is 0 Å². The van der Waals surface area contributed by atoms with Crippen molar-refractivity contribution in [2.75, 3.05) is 11.8 Å². The summed E-state index contributed by atoms with van der Waals surface area (Å²) < 4.78 is 40.7. The predicted octanol–water partition coefficient (Wildman–Crippen LogP) is 3.90. The minimum Gasteiger partial charge on any atom is -0.337 e. The Hall–Kier alpha value is -3.19. The number of nitrogens with zero attached hydrogens (tertiary/aromatic N) is 1. The maximum atomic E-state index is 13.3. The standard InChI is InChI=1S/C21H19FN2O3S/c1-24(15-16-7-5-9-18(22)13-16)21(25)17-8-6-10-19(14-17)23-28(26,27)20-11-3-2-4-12-20/h2-14,23H,15H2,1H3. The molecule has 28 heavy (non-hydrogen) atoms. The first-order chi connectivity index (χ1) is 13.3. The van der Waals surface area contributed by atoms with Crippen molar-refractivity contribution in [2.45, 2.75) is 11.4 Å². The molecule has 1 amide bonds. The van der Waals surface area contributed by atoms with Gasteiger partial charge in [-0.05, 0) is 48.0 Å². The summed E-state index contributed by atoms with van der Waals surface area (Å²) in [6.07, 6.45) is 0. The van der Waals surface area contributed by atoms with Gasteiger partial charge in [-0.15, -0.1) is 0 Å². The second-order valence-corrected chi connectivity index (χ2v) is 7.97. The first-order valence-corrected chi connectivity index (χ1v) is 10.0. The number of anilines is 1. The van der Waals surface area contributed by atoms with E-state index in [4.69, 9.17) is 0 Å². The number of sulfonamides is 1. The monoisotopic (exact) mass is 398 g/mol. The fourth-order valence-corrected chi connectivity index (χ4v) is 3.80. The highest BCUT2D eigenvalue weighted by Crippen LogP contribution is 2.18. The van der Waals surface area contributed by atoms with Crippen molar-refractivity contribution in [3.05, 3.63) is 95.8 Å². The van der Waals surface area contributed by atoms with Crippen LogP contribution in [0.15, 0.2) is 83.8 Å². The number of amides is 1. The van der Waals surface area contributed by atoms with Gasteiger partial charge < -0.3 is 4.90 Å². The van der Waals surface area contributed by atoms with Crippen molar-refractivity contribution >= 4 is 21.6 Å². The van der Waals surface area contributed by atoms with Crippen LogP contribution < -0.4 is 4.72 Å². The van der Waals surface area contributed by atoms with E-state index < -0.39 is 10.0 Å². The molecule has 0 aromatic heterocycles. The van der Waals surface area contributed by atoms with Crippen molar-refractivity contribution in [1.82, 2.24) is 4.90 Å². The molecule has 3 aromatic carbocycles. The minimum atomic E-state index is -3.75. The molecule has 1 N–H and O–H groups in total. The molecular formula is C21H19FN2O3S. The predicted molar refractivity (Wildman–Crippen MR) is 106 cm³/mol. The molecule has 0 spiro atoms. The summed E-state index contributed by atoms with van der Waals surface area (Å²) in [7, 11) is -2.14. The van der Waals surface area contributed by atoms with E-state index in [1.165, 1.54) is 35.2 Å². The molecule has 0 aliphatic heterocycles. The topological polar surface area (TPSA) is 66.5 Å². The maximum absolute atomic E-state index is 13.3. The number of hydrogen-bond acceptors (Lipinski definition) is 3. The molecule has 0 heterocycles. The van der Waals surface area contributed by atoms with Gasteiger partial charge in [-0.3, -0.25) is 9.52 Å². The molecule has 0 aliphatic rings. The SMILES string of the molecule is CN(Cc1cccc(F)c1)C(=O)c1cccc(NS(=O)(=O)c2ccccc2)c1. The smallest absolute Gasteiger partial charge is 0.261 e. The number of halogens is 1. The Bertz CT molecular complexity index is 1090. The molecule has 3 rings (SSSR count). The Balaban J connectivity index is 1.76. The van der Waals surface area contributed by atoms with Crippen LogP contribution in [-0.2, 0) is 16.6 Å². The van der Waals surface area contributed by atoms with Crippen LogP contribution in [-0.4, -0.2) is 26.3 Å². The van der Waals surface area contributed by atoms with Crippen molar-refractivity contribution < 1.29 is 17.6 Å². The van der Waals surface area contributed by atoms with Gasteiger partial charge in [0.05, 0.1) is 4.90 Å². The summed E-state index contributed by atoms with van der Waals surface area (Å²) >= 11 is 0. The Morgan fingerprint density at radius 2 is 1.68 bits per heavy atom. The normalized spacial score (nSPS) is 11.1. The summed E-state index contributed by atoms with van der Waals surface area (Å²) in [6, 6.07) is 20.3. The van der Waals surface area contributed by atoms with Crippen molar-refractivity contribution in [3.8, 4) is 0 Å². The van der Waals surface area contributed by atoms with Crippen LogP contribution in [0.5, 0.6) is 0 Å². The minimum absolute atomic E-state index is 0.134. The van der Waals surface area contributed by atoms with Gasteiger partial charge in [0.15, 0.2) is 0 Å². The average molecular weight is 398 g/mol. The van der Waals surface area contributed by atoms with E-state index in [1.54, 1.807) is 55.6 Å². The molecule has 0 aliphatic carbocycles. The summed E-state index contributed by atoms with van der Waals surface area (Å²) in [5, 5.41) is 0. The number of carbonyl (C=O) groups is 1. The zero-order valence-electron chi connectivity index (χ0n) is 15.2. The quantitative estimate of drug-likeness (QED) is 0.685. The van der Waals surface area contributed by atoms with Gasteiger partial charge in [0.25, 0.3) is 15.9 Å². The molecule has 5 nitrogen and oxygen atoms in total. The lowest BCUT2D eigenvalue weighted by atomic mass is 10.1. The Morgan fingerprint density at radius 1 is 0.964 bits per heavy atom. The third-order valence-electron chi connectivity index (χ3n) is 4.07. The Morgan fingerprint density at radius 3 is 2.39 bits per heavy atom. The summed E-state index contributed by atoms with van der Waals surface area (Å²) in [4.78, 5) is 14.3. The van der Waals surface area contributed by atoms with E-state index in [2.05, 4.69) is 4.72 Å². The van der Waals surface area contributed by atoms with Crippen molar-refractivity contribution in [1.29, 1.82) is 0 Å². The van der Waals surface area contributed by atoms with Crippen LogP contribution in [0.2, 0.25) is 0 Å². The third-order valence-corrected chi connectivity index (χ3v) is 5.47. The van der Waals surface area contributed by atoms with Gasteiger partial charge >= 0.3 is 0 Å². The van der Waals surface area contributed by atoms with Crippen LogP contribution in [0.1, 0.15) is 15.9 Å². The molecule has 7 heteroatoms. The Labute approximate surface area is 163 Å². The molecule has 0 atom stereocenters. The van der Waals surface area contributed by atoms with E-state index in [0.29, 0.717) is 11.1 Å². The van der Waals surface area contributed by atoms with Gasteiger partial charge in [-0.1, -0.05) is 36.4 Å². The highest BCUT2D eigenvalue weighted by atomic mass is 32.2. The number of rotatable bonds is 6. The summed E-state index contributed by atoms with van der Waals surface area (Å²) in [6.45, 7) is 0.233. The molecule has 3 aromatic rings. The van der Waals surface area contributed by atoms with Crippen LogP contribution in [0, 0.1) is 5.82 Å². The van der Waals surface area contributed by atoms with Crippen LogP contribution in [0.4, 0.5) is 10.1 Å². The van der Waals surface area contributed by atoms with Gasteiger partial charge in [0, 0.05) is 24.8 Å². The van der Waals surface area contributed by atoms with Crippen LogP contribution >= 0.6 is 0 Å². The van der Waals surface area contributed by atoms with Gasteiger partial charge in [0.1, 0.15) is 5.82 Å². The highest BCUT2D eigenvalue weighted by Gasteiger charge is 2.16. The second-order valence-electron chi connectivity index (χ2n) is 6.29. The second kappa shape index (κ2) is 8.22. The van der Waals surface area contributed by atoms with Gasteiger partial charge in [0.2, 0.25) is 0 Å². The molecule has 0 saturated carbocycles. The van der Waals surface area contributed by atoms with Crippen molar-refractivity contribution in [2.24, 2.45) is 0 Å². The fraction of sp³-hybridized carbons (Fsp3) is 0.0952. The molecular weight excluding hydrogens is 379 g/mol. The maximum Gasteiger partial charge on any atom is 0.261 e. The van der Waals surface area contributed by atoms with E-state index in [9.17, 15) is 17.6 Å². The van der Waals surface area contributed by atoms with Gasteiger partial charge in [-0.25, -0.2) is 12.8 Å². The molecule has 144 valence electrons. The lowest BCUT2D eigenvalue weighted by Gasteiger charge is -2.18. The van der Waals surface area contributed by atoms with E-state index in [0.717, 1.165) is 0 Å². The third kappa shape index (κ3) is 4.75. The van der Waals surface area contributed by atoms with Gasteiger partial charge in [-0.2, -0.15) is 0 Å². The molecule has 0 fully saturated rings. The highest BCUT2D eigenvalue weighted by molar-refractivity contribution is 7.92. The van der Waals surface area contributed by atoms with Crippen LogP contribution in [0.3, 0.4) is 0 Å². The first-order valence-electron chi connectivity index (χ1n) is 8.53. The average Bonchev–Trinajstić information content (AvgIpc) is 2.68. The Kier molecular flexibility index (Phi) is 5.75. The molecule has 0 bridgehead atoms. The molecule has 0 radical (unpaired) electrons. The van der Waals surface area contributed by atoms with E-state index in [1.807, 2.05) is 0 Å². The summed E-state index contributed by atoms with van der Waals surface area (Å²) in [5.74, 6) is -0.666. The molecule has 0 unspecified atom stereocenters. The van der Waals surface area contributed by atoms with E-state index in [-0.39, 0.29) is 28.9 Å². The summed E-state index contributed by atoms with van der Waals surface area (Å²) in [5.41, 5.74) is 1.28. The number of benzene rings is 3. The fourth-order valence-electron chi connectivity index (χ4n) is 2.73. The lowest BCUT2D eigenvalue weighted by Crippen LogP contribution is -2.26. The zero-order chi connectivity index (χ0) is 20.1. The molecule has 0 saturated heterocycles. The van der Waals surface area contributed by atoms with Crippen LogP contribution in [0.25, 0.3) is 0 Å².